The summed E-state index contributed by atoms with van der Waals surface area (Å²) >= 11 is 1.88. The Kier molecular flexibility index (Phi) is 7.39. The zero-order valence-electron chi connectivity index (χ0n) is 29.9. The van der Waals surface area contributed by atoms with Gasteiger partial charge in [-0.05, 0) is 100 Å². The summed E-state index contributed by atoms with van der Waals surface area (Å²) in [4.78, 5) is 2.35. The van der Waals surface area contributed by atoms with E-state index < -0.39 is 0 Å². The molecule has 0 amide bonds. The highest BCUT2D eigenvalue weighted by Crippen LogP contribution is 2.45. The lowest BCUT2D eigenvalue weighted by Gasteiger charge is -2.26. The molecule has 0 saturated carbocycles. The van der Waals surface area contributed by atoms with Gasteiger partial charge in [-0.15, -0.1) is 11.3 Å². The fourth-order valence-electron chi connectivity index (χ4n) is 8.36. The molecule has 2 nitrogen and oxygen atoms in total. The first-order chi connectivity index (χ1) is 27.3. The van der Waals surface area contributed by atoms with E-state index in [0.29, 0.717) is 0 Å². The van der Waals surface area contributed by atoms with Gasteiger partial charge >= 0.3 is 0 Å². The van der Waals surface area contributed by atoms with Crippen molar-refractivity contribution in [1.82, 2.24) is 4.57 Å². The first kappa shape index (κ1) is 31.6. The summed E-state index contributed by atoms with van der Waals surface area (Å²) in [7, 11) is 0. The van der Waals surface area contributed by atoms with Crippen LogP contribution in [0.3, 0.4) is 0 Å². The van der Waals surface area contributed by atoms with Crippen LogP contribution in [-0.4, -0.2) is 4.57 Å². The van der Waals surface area contributed by atoms with E-state index in [1.54, 1.807) is 0 Å². The summed E-state index contributed by atoms with van der Waals surface area (Å²) in [6.07, 6.45) is 0. The van der Waals surface area contributed by atoms with E-state index in [-0.39, 0.29) is 0 Å². The number of thiophene rings is 1. The lowest BCUT2D eigenvalue weighted by molar-refractivity contribution is 1.19. The third-order valence-electron chi connectivity index (χ3n) is 10.9. The van der Waals surface area contributed by atoms with Gasteiger partial charge in [-0.3, -0.25) is 0 Å². The van der Waals surface area contributed by atoms with Crippen molar-refractivity contribution in [1.29, 1.82) is 0 Å². The van der Waals surface area contributed by atoms with E-state index in [0.717, 1.165) is 17.1 Å². The maximum absolute atomic E-state index is 2.47. The lowest BCUT2D eigenvalue weighted by Crippen LogP contribution is -2.09. The standard InChI is InChI=1S/C52H34N2S/c1-3-14-35(15-4-1)37-18-13-21-42(30-37)53(40-19-5-2-6-20-40)41-28-26-36(27-29-41)46-33-43(34-48-45-23-10-12-25-51(45)55-52(46)48)54-49-24-11-9-22-44(49)47-31-38-16-7-8-17-39(38)32-50(47)54/h1-34H. The predicted molar refractivity (Wildman–Crippen MR) is 237 cm³/mol. The molecule has 9 aromatic carbocycles. The van der Waals surface area contributed by atoms with Gasteiger partial charge in [-0.25, -0.2) is 0 Å². The van der Waals surface area contributed by atoms with E-state index in [4.69, 9.17) is 0 Å². The number of nitrogens with zero attached hydrogens (tertiary/aromatic N) is 2. The average molecular weight is 719 g/mol. The van der Waals surface area contributed by atoms with Crippen molar-refractivity contribution in [3.05, 3.63) is 206 Å². The maximum atomic E-state index is 2.47. The number of rotatable bonds is 6. The van der Waals surface area contributed by atoms with Crippen LogP contribution in [0.15, 0.2) is 206 Å². The number of para-hydroxylation sites is 2. The van der Waals surface area contributed by atoms with Crippen LogP contribution in [0.5, 0.6) is 0 Å². The van der Waals surface area contributed by atoms with Gasteiger partial charge in [0.25, 0.3) is 0 Å². The van der Waals surface area contributed by atoms with Crippen LogP contribution in [0, 0.1) is 0 Å². The molecule has 0 fully saturated rings. The number of aromatic nitrogens is 1. The molecule has 0 radical (unpaired) electrons. The van der Waals surface area contributed by atoms with Gasteiger partial charge in [-0.1, -0.05) is 133 Å². The van der Waals surface area contributed by atoms with Crippen LogP contribution >= 0.6 is 11.3 Å². The van der Waals surface area contributed by atoms with Crippen molar-refractivity contribution < 1.29 is 0 Å². The van der Waals surface area contributed by atoms with Crippen molar-refractivity contribution in [3.63, 3.8) is 0 Å². The molecule has 11 rings (SSSR count). The molecule has 0 N–H and O–H groups in total. The van der Waals surface area contributed by atoms with Crippen molar-refractivity contribution in [2.45, 2.75) is 0 Å². The van der Waals surface area contributed by atoms with Crippen LogP contribution in [0.25, 0.3) is 80.7 Å². The fourth-order valence-corrected chi connectivity index (χ4v) is 9.58. The van der Waals surface area contributed by atoms with E-state index in [2.05, 4.69) is 216 Å². The summed E-state index contributed by atoms with van der Waals surface area (Å²) in [5.41, 5.74) is 11.8. The lowest BCUT2D eigenvalue weighted by atomic mass is 10.0. The SMILES string of the molecule is c1ccc(-c2cccc(N(c3ccccc3)c3ccc(-c4cc(-n5c6ccccc6c6cc7ccccc7cc65)cc5c4sc4ccccc45)cc3)c2)cc1. The normalized spacial score (nSPS) is 11.6. The van der Waals surface area contributed by atoms with Gasteiger partial charge in [-0.2, -0.15) is 0 Å². The molecule has 0 spiro atoms. The Bertz CT molecular complexity index is 3190. The number of anilines is 3. The molecule has 0 saturated heterocycles. The van der Waals surface area contributed by atoms with Crippen LogP contribution < -0.4 is 4.90 Å². The second-order valence-corrected chi connectivity index (χ2v) is 15.2. The third-order valence-corrected chi connectivity index (χ3v) is 12.1. The number of fused-ring (bicyclic) bond motifs is 7. The van der Waals surface area contributed by atoms with Gasteiger partial charge in [0.2, 0.25) is 0 Å². The van der Waals surface area contributed by atoms with Gasteiger partial charge in [0.05, 0.1) is 11.0 Å². The Hall–Kier alpha value is -6.94. The molecule has 0 aliphatic rings. The number of hydrogen-bond acceptors (Lipinski definition) is 2. The minimum absolute atomic E-state index is 1.11. The average Bonchev–Trinajstić information content (AvgIpc) is 3.79. The molecule has 0 bridgehead atoms. The van der Waals surface area contributed by atoms with Gasteiger partial charge in [0.1, 0.15) is 0 Å². The zero-order valence-corrected chi connectivity index (χ0v) is 30.7. The summed E-state index contributed by atoms with van der Waals surface area (Å²) in [5.74, 6) is 0. The topological polar surface area (TPSA) is 8.17 Å². The highest BCUT2D eigenvalue weighted by molar-refractivity contribution is 7.26. The van der Waals surface area contributed by atoms with E-state index in [1.165, 1.54) is 80.7 Å². The van der Waals surface area contributed by atoms with Crippen molar-refractivity contribution in [3.8, 4) is 27.9 Å². The summed E-state index contributed by atoms with van der Waals surface area (Å²) in [5, 5.41) is 7.62. The Morgan fingerprint density at radius 3 is 1.82 bits per heavy atom. The first-order valence-corrected chi connectivity index (χ1v) is 19.6. The highest BCUT2D eigenvalue weighted by Gasteiger charge is 2.19. The summed E-state index contributed by atoms with van der Waals surface area (Å²) < 4.78 is 5.08. The summed E-state index contributed by atoms with van der Waals surface area (Å²) in [6.45, 7) is 0. The summed E-state index contributed by atoms with van der Waals surface area (Å²) in [6, 6.07) is 75.1. The van der Waals surface area contributed by atoms with Crippen LogP contribution in [0.4, 0.5) is 17.1 Å². The Balaban J connectivity index is 1.10. The monoisotopic (exact) mass is 718 g/mol. The van der Waals surface area contributed by atoms with E-state index >= 15 is 0 Å². The van der Waals surface area contributed by atoms with Crippen LogP contribution in [0.2, 0.25) is 0 Å². The van der Waals surface area contributed by atoms with Crippen molar-refractivity contribution >= 4 is 81.1 Å². The minimum atomic E-state index is 1.11. The van der Waals surface area contributed by atoms with Gasteiger partial charge in [0.15, 0.2) is 0 Å². The molecule has 0 aliphatic heterocycles. The molecule has 2 aromatic heterocycles. The molecule has 0 atom stereocenters. The van der Waals surface area contributed by atoms with Crippen molar-refractivity contribution in [2.24, 2.45) is 0 Å². The first-order valence-electron chi connectivity index (χ1n) is 18.8. The molecular formula is C52H34N2S. The van der Waals surface area contributed by atoms with E-state index in [9.17, 15) is 0 Å². The molecular weight excluding hydrogens is 685 g/mol. The third kappa shape index (κ3) is 5.32. The zero-order chi connectivity index (χ0) is 36.3. The Labute approximate surface area is 323 Å². The van der Waals surface area contributed by atoms with Crippen LogP contribution in [-0.2, 0) is 0 Å². The largest absolute Gasteiger partial charge is 0.310 e. The Morgan fingerprint density at radius 1 is 0.364 bits per heavy atom. The van der Waals surface area contributed by atoms with Crippen LogP contribution in [0.1, 0.15) is 0 Å². The predicted octanol–water partition coefficient (Wildman–Crippen LogP) is 15.1. The second-order valence-electron chi connectivity index (χ2n) is 14.2. The van der Waals surface area contributed by atoms with E-state index in [1.807, 2.05) is 11.3 Å². The molecule has 2 heterocycles. The number of benzene rings is 9. The van der Waals surface area contributed by atoms with Gasteiger partial charge in [0, 0.05) is 59.3 Å². The Morgan fingerprint density at radius 2 is 1.00 bits per heavy atom. The molecule has 3 heteroatoms. The molecule has 55 heavy (non-hydrogen) atoms. The highest BCUT2D eigenvalue weighted by atomic mass is 32.1. The molecule has 258 valence electrons. The fraction of sp³-hybridized carbons (Fsp3) is 0. The minimum Gasteiger partial charge on any atom is -0.310 e. The quantitative estimate of drug-likeness (QED) is 0.166. The van der Waals surface area contributed by atoms with Crippen molar-refractivity contribution in [2.75, 3.05) is 4.90 Å². The maximum Gasteiger partial charge on any atom is 0.0547 e. The number of hydrogen-bond donors (Lipinski definition) is 0. The van der Waals surface area contributed by atoms with Gasteiger partial charge < -0.3 is 9.47 Å². The molecule has 0 unspecified atom stereocenters. The molecule has 0 aliphatic carbocycles. The smallest absolute Gasteiger partial charge is 0.0547 e. The second kappa shape index (κ2) is 12.9. The molecule has 11 aromatic rings.